The quantitative estimate of drug-likeness (QED) is 0.786. The van der Waals surface area contributed by atoms with Crippen LogP contribution in [0.4, 0.5) is 0 Å². The van der Waals surface area contributed by atoms with Gasteiger partial charge < -0.3 is 19.1 Å². The molecule has 3 aromatic rings. The van der Waals surface area contributed by atoms with Crippen LogP contribution in [0.5, 0.6) is 11.5 Å². The number of para-hydroxylation sites is 2. The fraction of sp³-hybridized carbons (Fsp3) is 0.278. The first-order chi connectivity index (χ1) is 11.1. The molecule has 0 radical (unpaired) electrons. The van der Waals surface area contributed by atoms with Crippen LogP contribution in [-0.4, -0.2) is 28.9 Å². The van der Waals surface area contributed by atoms with E-state index in [-0.39, 0.29) is 0 Å². The molecule has 23 heavy (non-hydrogen) atoms. The molecular weight excluding hydrogens is 292 g/mol. The van der Waals surface area contributed by atoms with Gasteiger partial charge in [0.15, 0.2) is 0 Å². The smallest absolute Gasteiger partial charge is 0.124 e. The summed E-state index contributed by atoms with van der Waals surface area (Å²) < 4.78 is 12.6. The van der Waals surface area contributed by atoms with E-state index in [4.69, 9.17) is 9.47 Å². The van der Waals surface area contributed by atoms with E-state index in [1.807, 2.05) is 41.8 Å². The monoisotopic (exact) mass is 312 g/mol. The number of aryl methyl sites for hydroxylation is 1. The van der Waals surface area contributed by atoms with Crippen LogP contribution in [-0.2, 0) is 6.54 Å². The summed E-state index contributed by atoms with van der Waals surface area (Å²) in [5.74, 6) is 2.19. The van der Waals surface area contributed by atoms with Crippen LogP contribution in [0.3, 0.4) is 0 Å². The van der Waals surface area contributed by atoms with Crippen molar-refractivity contribution in [2.24, 2.45) is 0 Å². The number of hydrogen-bond donors (Lipinski definition) is 1. The summed E-state index contributed by atoms with van der Waals surface area (Å²) in [5.41, 5.74) is 2.63. The number of aliphatic hydroxyl groups is 1. The molecule has 3 rings (SSSR count). The van der Waals surface area contributed by atoms with Crippen LogP contribution in [0, 0.1) is 6.92 Å². The Kier molecular flexibility index (Phi) is 4.21. The number of hydrogen-bond acceptors (Lipinski definition) is 4. The van der Waals surface area contributed by atoms with Gasteiger partial charge in [-0.15, -0.1) is 0 Å². The van der Waals surface area contributed by atoms with Crippen LogP contribution in [0.2, 0.25) is 0 Å². The number of fused-ring (bicyclic) bond motifs is 1. The minimum absolute atomic E-state index is 0.399. The molecule has 5 nitrogen and oxygen atoms in total. The molecule has 1 heterocycles. The minimum Gasteiger partial charge on any atom is -0.497 e. The second-order valence-electron chi connectivity index (χ2n) is 5.38. The molecular formula is C18H20N2O3. The molecule has 0 saturated carbocycles. The van der Waals surface area contributed by atoms with Crippen molar-refractivity contribution < 1.29 is 14.6 Å². The van der Waals surface area contributed by atoms with Gasteiger partial charge in [-0.3, -0.25) is 0 Å². The predicted molar refractivity (Wildman–Crippen MR) is 89.0 cm³/mol. The van der Waals surface area contributed by atoms with Gasteiger partial charge in [0.05, 0.1) is 31.8 Å². The first-order valence-corrected chi connectivity index (χ1v) is 7.46. The second kappa shape index (κ2) is 6.30. The second-order valence-corrected chi connectivity index (χ2v) is 5.38. The molecule has 1 aromatic heterocycles. The number of benzene rings is 2. The van der Waals surface area contributed by atoms with Gasteiger partial charge in [-0.1, -0.05) is 12.1 Å². The molecule has 0 saturated heterocycles. The zero-order valence-electron chi connectivity index (χ0n) is 13.5. The molecule has 0 amide bonds. The van der Waals surface area contributed by atoms with Gasteiger partial charge >= 0.3 is 0 Å². The van der Waals surface area contributed by atoms with Crippen LogP contribution in [0.25, 0.3) is 11.0 Å². The van der Waals surface area contributed by atoms with Crippen LogP contribution in [0.1, 0.15) is 17.5 Å². The van der Waals surface area contributed by atoms with E-state index < -0.39 is 6.10 Å². The molecule has 0 bridgehead atoms. The van der Waals surface area contributed by atoms with Crippen molar-refractivity contribution >= 4 is 11.0 Å². The van der Waals surface area contributed by atoms with Crippen molar-refractivity contribution in [3.63, 3.8) is 0 Å². The number of imidazole rings is 1. The summed E-state index contributed by atoms with van der Waals surface area (Å²) in [6.45, 7) is 2.34. The third kappa shape index (κ3) is 2.87. The summed E-state index contributed by atoms with van der Waals surface area (Å²) in [4.78, 5) is 4.53. The van der Waals surface area contributed by atoms with Crippen LogP contribution < -0.4 is 9.47 Å². The molecule has 5 heteroatoms. The number of aromatic nitrogens is 2. The number of ether oxygens (including phenoxy) is 2. The van der Waals surface area contributed by atoms with Gasteiger partial charge in [-0.25, -0.2) is 4.98 Å². The number of methoxy groups -OCH3 is 2. The first kappa shape index (κ1) is 15.4. The Bertz CT molecular complexity index is 826. The van der Waals surface area contributed by atoms with E-state index in [0.717, 1.165) is 16.9 Å². The Morgan fingerprint density at radius 2 is 1.91 bits per heavy atom. The predicted octanol–water partition coefficient (Wildman–Crippen LogP) is 3.10. The molecule has 0 unspecified atom stereocenters. The fourth-order valence-electron chi connectivity index (χ4n) is 2.80. The fourth-order valence-corrected chi connectivity index (χ4v) is 2.80. The Labute approximate surface area is 135 Å². The summed E-state index contributed by atoms with van der Waals surface area (Å²) >= 11 is 0. The van der Waals surface area contributed by atoms with Gasteiger partial charge in [0.25, 0.3) is 0 Å². The summed E-state index contributed by atoms with van der Waals surface area (Å²) in [5, 5.41) is 10.7. The highest BCUT2D eigenvalue weighted by Crippen LogP contribution is 2.31. The van der Waals surface area contributed by atoms with Crippen molar-refractivity contribution in [2.45, 2.75) is 19.6 Å². The number of nitrogens with zero attached hydrogens (tertiary/aromatic N) is 2. The van der Waals surface area contributed by atoms with Crippen molar-refractivity contribution in [2.75, 3.05) is 14.2 Å². The lowest BCUT2D eigenvalue weighted by Gasteiger charge is -2.17. The van der Waals surface area contributed by atoms with E-state index in [9.17, 15) is 5.11 Å². The zero-order valence-corrected chi connectivity index (χ0v) is 13.5. The van der Waals surface area contributed by atoms with Gasteiger partial charge in [0.2, 0.25) is 0 Å². The topological polar surface area (TPSA) is 56.5 Å². The minimum atomic E-state index is -0.726. The van der Waals surface area contributed by atoms with Gasteiger partial charge in [-0.05, 0) is 37.3 Å². The standard InChI is InChI=1S/C18H20N2O3/c1-12-19-15-6-4-5-7-16(15)20(12)11-17(21)14-10-13(22-2)8-9-18(14)23-3/h4-10,17,21H,11H2,1-3H3/t17-/m0/s1. The van der Waals surface area contributed by atoms with E-state index in [1.165, 1.54) is 0 Å². The Morgan fingerprint density at radius 3 is 2.65 bits per heavy atom. The lowest BCUT2D eigenvalue weighted by molar-refractivity contribution is 0.153. The normalized spacial score (nSPS) is 12.3. The summed E-state index contributed by atoms with van der Waals surface area (Å²) in [7, 11) is 3.20. The zero-order chi connectivity index (χ0) is 16.4. The van der Waals surface area contributed by atoms with Gasteiger partial charge in [0.1, 0.15) is 23.4 Å². The average Bonchev–Trinajstić information content (AvgIpc) is 2.90. The van der Waals surface area contributed by atoms with Crippen molar-refractivity contribution in [3.8, 4) is 11.5 Å². The SMILES string of the molecule is COc1ccc(OC)c([C@@H](O)Cn2c(C)nc3ccccc32)c1. The van der Waals surface area contributed by atoms with Gasteiger partial charge in [-0.2, -0.15) is 0 Å². The Balaban J connectivity index is 1.97. The summed E-state index contributed by atoms with van der Waals surface area (Å²) in [6, 6.07) is 13.3. The third-order valence-corrected chi connectivity index (χ3v) is 4.00. The number of rotatable bonds is 5. The van der Waals surface area contributed by atoms with Crippen LogP contribution in [0.15, 0.2) is 42.5 Å². The largest absolute Gasteiger partial charge is 0.497 e. The molecule has 1 N–H and O–H groups in total. The van der Waals surface area contributed by atoms with E-state index in [0.29, 0.717) is 23.6 Å². The molecule has 120 valence electrons. The molecule has 0 aliphatic heterocycles. The maximum Gasteiger partial charge on any atom is 0.124 e. The number of aliphatic hydroxyl groups excluding tert-OH is 1. The first-order valence-electron chi connectivity index (χ1n) is 7.46. The van der Waals surface area contributed by atoms with Gasteiger partial charge in [0, 0.05) is 5.56 Å². The lowest BCUT2D eigenvalue weighted by atomic mass is 10.1. The summed E-state index contributed by atoms with van der Waals surface area (Å²) in [6.07, 6.45) is -0.726. The van der Waals surface area contributed by atoms with Crippen LogP contribution >= 0.6 is 0 Å². The average molecular weight is 312 g/mol. The molecule has 1 atom stereocenters. The van der Waals surface area contributed by atoms with Crippen molar-refractivity contribution in [1.82, 2.24) is 9.55 Å². The van der Waals surface area contributed by atoms with E-state index in [2.05, 4.69) is 4.98 Å². The molecule has 0 fully saturated rings. The van der Waals surface area contributed by atoms with E-state index >= 15 is 0 Å². The lowest BCUT2D eigenvalue weighted by Crippen LogP contribution is -2.11. The molecule has 0 aliphatic rings. The Hall–Kier alpha value is -2.53. The van der Waals surface area contributed by atoms with E-state index in [1.54, 1.807) is 26.4 Å². The van der Waals surface area contributed by atoms with Crippen molar-refractivity contribution in [1.29, 1.82) is 0 Å². The highest BCUT2D eigenvalue weighted by Gasteiger charge is 2.17. The third-order valence-electron chi connectivity index (χ3n) is 4.00. The molecule has 0 spiro atoms. The van der Waals surface area contributed by atoms with Crippen molar-refractivity contribution in [3.05, 3.63) is 53.9 Å². The highest BCUT2D eigenvalue weighted by atomic mass is 16.5. The molecule has 0 aliphatic carbocycles. The maximum absolute atomic E-state index is 10.7. The molecule has 2 aromatic carbocycles. The highest BCUT2D eigenvalue weighted by molar-refractivity contribution is 5.75. The Morgan fingerprint density at radius 1 is 1.13 bits per heavy atom. The maximum atomic E-state index is 10.7.